The number of hydrogen-bond acceptors (Lipinski definition) is 6. The van der Waals surface area contributed by atoms with Crippen LogP contribution >= 0.6 is 11.3 Å². The molecule has 6 heteroatoms. The van der Waals surface area contributed by atoms with Crippen molar-refractivity contribution in [1.82, 2.24) is 20.0 Å². The SMILES string of the molecule is CN(C)CCCN(C)Cc1nnc(N)s1. The minimum atomic E-state index is 0.548. The standard InChI is InChI=1S/C9H19N5S/c1-13(2)5-4-6-14(3)7-8-11-12-9(10)15-8/h4-7H2,1-3H3,(H2,10,12). The number of nitrogens with zero attached hydrogens (tertiary/aromatic N) is 4. The van der Waals surface area contributed by atoms with Gasteiger partial charge >= 0.3 is 0 Å². The number of hydrogen-bond donors (Lipinski definition) is 1. The largest absolute Gasteiger partial charge is 0.374 e. The van der Waals surface area contributed by atoms with E-state index in [2.05, 4.69) is 41.1 Å². The quantitative estimate of drug-likeness (QED) is 0.770. The molecule has 0 unspecified atom stereocenters. The molecule has 0 amide bonds. The van der Waals surface area contributed by atoms with Gasteiger partial charge in [0.25, 0.3) is 0 Å². The van der Waals surface area contributed by atoms with Crippen LogP contribution in [-0.4, -0.2) is 54.2 Å². The lowest BCUT2D eigenvalue weighted by atomic mass is 10.4. The third-order valence-electron chi connectivity index (χ3n) is 2.03. The topological polar surface area (TPSA) is 58.3 Å². The van der Waals surface area contributed by atoms with E-state index in [0.29, 0.717) is 5.13 Å². The maximum atomic E-state index is 5.51. The van der Waals surface area contributed by atoms with Crippen molar-refractivity contribution in [3.8, 4) is 0 Å². The van der Waals surface area contributed by atoms with E-state index in [4.69, 9.17) is 5.73 Å². The van der Waals surface area contributed by atoms with Crippen LogP contribution in [0.2, 0.25) is 0 Å². The van der Waals surface area contributed by atoms with Crippen molar-refractivity contribution in [2.24, 2.45) is 0 Å². The monoisotopic (exact) mass is 229 g/mol. The van der Waals surface area contributed by atoms with Gasteiger partial charge in [0.15, 0.2) is 0 Å². The Morgan fingerprint density at radius 2 is 1.93 bits per heavy atom. The van der Waals surface area contributed by atoms with Crippen molar-refractivity contribution >= 4 is 16.5 Å². The van der Waals surface area contributed by atoms with Gasteiger partial charge in [-0.2, -0.15) is 0 Å². The van der Waals surface area contributed by atoms with Gasteiger partial charge < -0.3 is 10.6 Å². The molecule has 0 aliphatic rings. The van der Waals surface area contributed by atoms with E-state index in [1.165, 1.54) is 11.3 Å². The van der Waals surface area contributed by atoms with E-state index < -0.39 is 0 Å². The number of anilines is 1. The molecule has 0 aliphatic heterocycles. The first-order valence-corrected chi connectivity index (χ1v) is 5.80. The summed E-state index contributed by atoms with van der Waals surface area (Å²) in [5.41, 5.74) is 5.51. The number of nitrogen functional groups attached to an aromatic ring is 1. The summed E-state index contributed by atoms with van der Waals surface area (Å²) >= 11 is 1.46. The predicted molar refractivity (Wildman–Crippen MR) is 63.8 cm³/mol. The lowest BCUT2D eigenvalue weighted by Gasteiger charge is -2.16. The zero-order valence-corrected chi connectivity index (χ0v) is 10.4. The van der Waals surface area contributed by atoms with Crippen LogP contribution in [0.1, 0.15) is 11.4 Å². The molecule has 0 aliphatic carbocycles. The average molecular weight is 229 g/mol. The Labute approximate surface area is 94.9 Å². The van der Waals surface area contributed by atoms with E-state index >= 15 is 0 Å². The summed E-state index contributed by atoms with van der Waals surface area (Å²) < 4.78 is 0. The second-order valence-corrected chi connectivity index (χ2v) is 5.02. The summed E-state index contributed by atoms with van der Waals surface area (Å²) in [5, 5.41) is 9.31. The van der Waals surface area contributed by atoms with Crippen molar-refractivity contribution in [2.75, 3.05) is 40.0 Å². The summed E-state index contributed by atoms with van der Waals surface area (Å²) in [6.45, 7) is 3.02. The highest BCUT2D eigenvalue weighted by atomic mass is 32.1. The van der Waals surface area contributed by atoms with Gasteiger partial charge in [-0.15, -0.1) is 10.2 Å². The van der Waals surface area contributed by atoms with Crippen LogP contribution in [-0.2, 0) is 6.54 Å². The van der Waals surface area contributed by atoms with E-state index in [1.54, 1.807) is 0 Å². The van der Waals surface area contributed by atoms with Gasteiger partial charge in [0.2, 0.25) is 5.13 Å². The highest BCUT2D eigenvalue weighted by Gasteiger charge is 2.05. The van der Waals surface area contributed by atoms with Crippen molar-refractivity contribution in [3.05, 3.63) is 5.01 Å². The molecular weight excluding hydrogens is 210 g/mol. The summed E-state index contributed by atoms with van der Waals surface area (Å²) in [7, 11) is 6.27. The fraction of sp³-hybridized carbons (Fsp3) is 0.778. The Morgan fingerprint density at radius 1 is 1.20 bits per heavy atom. The van der Waals surface area contributed by atoms with E-state index in [1.807, 2.05) is 0 Å². The van der Waals surface area contributed by atoms with Gasteiger partial charge in [0.05, 0.1) is 6.54 Å². The zero-order valence-electron chi connectivity index (χ0n) is 9.60. The Morgan fingerprint density at radius 3 is 2.47 bits per heavy atom. The third kappa shape index (κ3) is 5.06. The lowest BCUT2D eigenvalue weighted by Crippen LogP contribution is -2.23. The minimum absolute atomic E-state index is 0.548. The maximum Gasteiger partial charge on any atom is 0.203 e. The Balaban J connectivity index is 2.21. The van der Waals surface area contributed by atoms with Crippen LogP contribution in [0.25, 0.3) is 0 Å². The molecule has 0 bridgehead atoms. The fourth-order valence-corrected chi connectivity index (χ4v) is 1.99. The van der Waals surface area contributed by atoms with Crippen molar-refractivity contribution in [1.29, 1.82) is 0 Å². The Bertz CT molecular complexity index is 286. The normalized spacial score (nSPS) is 11.5. The van der Waals surface area contributed by atoms with Crippen LogP contribution in [0.5, 0.6) is 0 Å². The number of rotatable bonds is 6. The average Bonchev–Trinajstić information content (AvgIpc) is 2.50. The van der Waals surface area contributed by atoms with Gasteiger partial charge in [0.1, 0.15) is 5.01 Å². The molecule has 1 heterocycles. The van der Waals surface area contributed by atoms with Crippen LogP contribution in [0, 0.1) is 0 Å². The zero-order chi connectivity index (χ0) is 11.3. The summed E-state index contributed by atoms with van der Waals surface area (Å²) in [6, 6.07) is 0. The van der Waals surface area contributed by atoms with Crippen LogP contribution in [0.3, 0.4) is 0 Å². The molecule has 0 radical (unpaired) electrons. The van der Waals surface area contributed by atoms with Gasteiger partial charge in [-0.1, -0.05) is 11.3 Å². The summed E-state index contributed by atoms with van der Waals surface area (Å²) in [6.07, 6.45) is 1.16. The first kappa shape index (κ1) is 12.4. The molecule has 1 rings (SSSR count). The highest BCUT2D eigenvalue weighted by Crippen LogP contribution is 2.12. The fourth-order valence-electron chi connectivity index (χ4n) is 1.30. The Kier molecular flexibility index (Phi) is 4.93. The minimum Gasteiger partial charge on any atom is -0.374 e. The molecule has 1 aromatic rings. The second-order valence-electron chi connectivity index (χ2n) is 3.93. The maximum absolute atomic E-state index is 5.51. The van der Waals surface area contributed by atoms with E-state index in [-0.39, 0.29) is 0 Å². The molecule has 5 nitrogen and oxygen atoms in total. The smallest absolute Gasteiger partial charge is 0.203 e. The molecular formula is C9H19N5S. The first-order valence-electron chi connectivity index (χ1n) is 4.99. The molecule has 0 atom stereocenters. The highest BCUT2D eigenvalue weighted by molar-refractivity contribution is 7.15. The number of aromatic nitrogens is 2. The second kappa shape index (κ2) is 5.99. The van der Waals surface area contributed by atoms with Crippen molar-refractivity contribution < 1.29 is 0 Å². The molecule has 1 aromatic heterocycles. The Hall–Kier alpha value is -0.720. The molecule has 15 heavy (non-hydrogen) atoms. The molecule has 2 N–H and O–H groups in total. The van der Waals surface area contributed by atoms with Gasteiger partial charge in [-0.05, 0) is 40.7 Å². The predicted octanol–water partition coefficient (Wildman–Crippen LogP) is 0.504. The molecule has 86 valence electrons. The lowest BCUT2D eigenvalue weighted by molar-refractivity contribution is 0.294. The van der Waals surface area contributed by atoms with E-state index in [9.17, 15) is 0 Å². The molecule has 0 saturated carbocycles. The van der Waals surface area contributed by atoms with Crippen LogP contribution in [0.4, 0.5) is 5.13 Å². The molecule has 0 aromatic carbocycles. The first-order chi connectivity index (χ1) is 7.08. The van der Waals surface area contributed by atoms with Gasteiger partial charge in [-0.25, -0.2) is 0 Å². The van der Waals surface area contributed by atoms with Crippen molar-refractivity contribution in [3.63, 3.8) is 0 Å². The van der Waals surface area contributed by atoms with Crippen LogP contribution in [0.15, 0.2) is 0 Å². The van der Waals surface area contributed by atoms with Gasteiger partial charge in [-0.3, -0.25) is 4.90 Å². The van der Waals surface area contributed by atoms with Crippen LogP contribution < -0.4 is 5.73 Å². The number of nitrogens with two attached hydrogens (primary N) is 1. The molecule has 0 fully saturated rings. The summed E-state index contributed by atoms with van der Waals surface area (Å²) in [4.78, 5) is 4.43. The molecule has 0 spiro atoms. The van der Waals surface area contributed by atoms with Gasteiger partial charge in [0, 0.05) is 0 Å². The summed E-state index contributed by atoms with van der Waals surface area (Å²) in [5.74, 6) is 0. The third-order valence-corrected chi connectivity index (χ3v) is 2.77. The van der Waals surface area contributed by atoms with E-state index in [0.717, 1.165) is 31.1 Å². The van der Waals surface area contributed by atoms with Crippen molar-refractivity contribution in [2.45, 2.75) is 13.0 Å². The molecule has 0 saturated heterocycles.